The standard InChI is InChI=1S/C19H22N2O/c1-13-9-5-7-11-15(13)17-18(21(4)19(22)20(17)3)16-12-8-6-10-14(16)2/h5-12,17-18H,1-4H3/t17-,18-/m0/s1. The van der Waals surface area contributed by atoms with E-state index in [-0.39, 0.29) is 18.1 Å². The highest BCUT2D eigenvalue weighted by Crippen LogP contribution is 2.44. The van der Waals surface area contributed by atoms with E-state index >= 15 is 0 Å². The van der Waals surface area contributed by atoms with Crippen LogP contribution in [-0.4, -0.2) is 29.9 Å². The van der Waals surface area contributed by atoms with Crippen LogP contribution in [0.15, 0.2) is 48.5 Å². The van der Waals surface area contributed by atoms with Crippen molar-refractivity contribution in [3.05, 3.63) is 70.8 Å². The summed E-state index contributed by atoms with van der Waals surface area (Å²) in [7, 11) is 3.79. The van der Waals surface area contributed by atoms with Crippen molar-refractivity contribution in [2.75, 3.05) is 14.1 Å². The molecule has 1 saturated heterocycles. The van der Waals surface area contributed by atoms with Gasteiger partial charge in [0.2, 0.25) is 0 Å². The molecule has 0 unspecified atom stereocenters. The Morgan fingerprint density at radius 3 is 1.45 bits per heavy atom. The average Bonchev–Trinajstić information content (AvgIpc) is 2.73. The molecular formula is C19H22N2O. The molecule has 0 spiro atoms. The summed E-state index contributed by atoms with van der Waals surface area (Å²) in [5.74, 6) is 0. The van der Waals surface area contributed by atoms with Crippen molar-refractivity contribution in [1.29, 1.82) is 0 Å². The fourth-order valence-corrected chi connectivity index (χ4v) is 3.51. The second-order valence-corrected chi connectivity index (χ2v) is 6.11. The van der Waals surface area contributed by atoms with Crippen molar-refractivity contribution >= 4 is 6.03 Å². The first-order chi connectivity index (χ1) is 10.5. The first-order valence-electron chi connectivity index (χ1n) is 7.63. The van der Waals surface area contributed by atoms with E-state index in [4.69, 9.17) is 0 Å². The summed E-state index contributed by atoms with van der Waals surface area (Å²) in [6, 6.07) is 16.8. The molecule has 0 radical (unpaired) electrons. The van der Waals surface area contributed by atoms with Crippen LogP contribution < -0.4 is 0 Å². The van der Waals surface area contributed by atoms with Crippen LogP contribution >= 0.6 is 0 Å². The van der Waals surface area contributed by atoms with Gasteiger partial charge in [0.25, 0.3) is 0 Å². The predicted octanol–water partition coefficient (Wildman–Crippen LogP) is 4.08. The van der Waals surface area contributed by atoms with Crippen molar-refractivity contribution < 1.29 is 4.79 Å². The third-order valence-electron chi connectivity index (χ3n) is 4.75. The molecule has 2 amide bonds. The number of carbonyl (C=O) groups is 1. The average molecular weight is 294 g/mol. The van der Waals surface area contributed by atoms with Gasteiger partial charge in [-0.05, 0) is 36.1 Å². The van der Waals surface area contributed by atoms with Gasteiger partial charge in [-0.1, -0.05) is 48.5 Å². The first kappa shape index (κ1) is 14.6. The summed E-state index contributed by atoms with van der Waals surface area (Å²) < 4.78 is 0. The SMILES string of the molecule is Cc1ccccc1[C@H]1[C@H](c2ccccc2C)N(C)C(=O)N1C. The minimum absolute atomic E-state index is 0.0415. The fourth-order valence-electron chi connectivity index (χ4n) is 3.51. The predicted molar refractivity (Wildman–Crippen MR) is 88.8 cm³/mol. The fraction of sp³-hybridized carbons (Fsp3) is 0.316. The van der Waals surface area contributed by atoms with Crippen molar-refractivity contribution in [2.45, 2.75) is 25.9 Å². The Labute approximate surface area is 132 Å². The summed E-state index contributed by atoms with van der Waals surface area (Å²) in [5.41, 5.74) is 4.88. The lowest BCUT2D eigenvalue weighted by molar-refractivity contribution is 0.199. The van der Waals surface area contributed by atoms with Gasteiger partial charge in [0.05, 0.1) is 12.1 Å². The van der Waals surface area contributed by atoms with Gasteiger partial charge < -0.3 is 9.80 Å². The van der Waals surface area contributed by atoms with Gasteiger partial charge in [-0.2, -0.15) is 0 Å². The molecule has 0 saturated carbocycles. The summed E-state index contributed by atoms with van der Waals surface area (Å²) >= 11 is 0. The van der Waals surface area contributed by atoms with Gasteiger partial charge >= 0.3 is 6.03 Å². The lowest BCUT2D eigenvalue weighted by Gasteiger charge is -2.28. The normalized spacial score (nSPS) is 21.5. The smallest absolute Gasteiger partial charge is 0.318 e. The number of carbonyl (C=O) groups excluding carboxylic acids is 1. The first-order valence-corrected chi connectivity index (χ1v) is 7.63. The Kier molecular flexibility index (Phi) is 3.65. The monoisotopic (exact) mass is 294 g/mol. The molecule has 114 valence electrons. The zero-order valence-electron chi connectivity index (χ0n) is 13.6. The van der Waals surface area contributed by atoms with E-state index in [1.807, 2.05) is 48.2 Å². The zero-order chi connectivity index (χ0) is 15.9. The van der Waals surface area contributed by atoms with E-state index in [1.165, 1.54) is 22.3 Å². The van der Waals surface area contributed by atoms with Gasteiger partial charge in [0.1, 0.15) is 0 Å². The minimum atomic E-state index is 0.0415. The number of nitrogens with zero attached hydrogens (tertiary/aromatic N) is 2. The number of amides is 2. The highest BCUT2D eigenvalue weighted by molar-refractivity contribution is 5.78. The van der Waals surface area contributed by atoms with Gasteiger partial charge in [-0.15, -0.1) is 0 Å². The van der Waals surface area contributed by atoms with Crippen LogP contribution in [0.1, 0.15) is 34.3 Å². The highest BCUT2D eigenvalue weighted by Gasteiger charge is 2.44. The van der Waals surface area contributed by atoms with Crippen molar-refractivity contribution in [3.8, 4) is 0 Å². The Morgan fingerprint density at radius 2 is 1.09 bits per heavy atom. The van der Waals surface area contributed by atoms with Crippen LogP contribution in [0, 0.1) is 13.8 Å². The molecule has 3 heteroatoms. The number of rotatable bonds is 2. The van der Waals surface area contributed by atoms with Gasteiger partial charge in [-0.3, -0.25) is 0 Å². The molecule has 22 heavy (non-hydrogen) atoms. The number of aryl methyl sites for hydroxylation is 2. The second-order valence-electron chi connectivity index (χ2n) is 6.11. The molecule has 0 bridgehead atoms. The van der Waals surface area contributed by atoms with Crippen LogP contribution in [0.3, 0.4) is 0 Å². The third kappa shape index (κ3) is 2.17. The lowest BCUT2D eigenvalue weighted by atomic mass is 9.89. The molecular weight excluding hydrogens is 272 g/mol. The summed E-state index contributed by atoms with van der Waals surface area (Å²) in [6.07, 6.45) is 0. The maximum Gasteiger partial charge on any atom is 0.320 e. The molecule has 2 aromatic carbocycles. The van der Waals surface area contributed by atoms with E-state index in [0.29, 0.717) is 0 Å². The minimum Gasteiger partial charge on any atom is -0.318 e. The molecule has 1 heterocycles. The Hall–Kier alpha value is -2.29. The molecule has 0 aliphatic carbocycles. The molecule has 1 fully saturated rings. The molecule has 1 aliphatic heterocycles. The Morgan fingerprint density at radius 1 is 0.727 bits per heavy atom. The van der Waals surface area contributed by atoms with E-state index < -0.39 is 0 Å². The van der Waals surface area contributed by atoms with E-state index in [1.54, 1.807) is 0 Å². The van der Waals surface area contributed by atoms with Crippen molar-refractivity contribution in [1.82, 2.24) is 9.80 Å². The summed E-state index contributed by atoms with van der Waals surface area (Å²) in [6.45, 7) is 4.22. The number of likely N-dealkylation sites (N-methyl/N-ethyl adjacent to an activating group) is 2. The number of urea groups is 1. The van der Waals surface area contributed by atoms with Gasteiger partial charge in [-0.25, -0.2) is 4.79 Å². The van der Waals surface area contributed by atoms with E-state index in [9.17, 15) is 4.79 Å². The van der Waals surface area contributed by atoms with Gasteiger partial charge in [0, 0.05) is 14.1 Å². The molecule has 1 aliphatic rings. The topological polar surface area (TPSA) is 23.6 Å². The number of hydrogen-bond donors (Lipinski definition) is 0. The third-order valence-corrected chi connectivity index (χ3v) is 4.75. The summed E-state index contributed by atoms with van der Waals surface area (Å²) in [5, 5.41) is 0. The highest BCUT2D eigenvalue weighted by atomic mass is 16.2. The van der Waals surface area contributed by atoms with E-state index in [0.717, 1.165) is 0 Å². The van der Waals surface area contributed by atoms with Crippen molar-refractivity contribution in [3.63, 3.8) is 0 Å². The van der Waals surface area contributed by atoms with Crippen molar-refractivity contribution in [2.24, 2.45) is 0 Å². The zero-order valence-corrected chi connectivity index (χ0v) is 13.6. The summed E-state index contributed by atoms with van der Waals surface area (Å²) in [4.78, 5) is 16.3. The number of benzene rings is 2. The van der Waals surface area contributed by atoms with E-state index in [2.05, 4.69) is 38.1 Å². The maximum absolute atomic E-state index is 12.5. The molecule has 0 aromatic heterocycles. The van der Waals surface area contributed by atoms with Crippen LogP contribution in [0.25, 0.3) is 0 Å². The lowest BCUT2D eigenvalue weighted by Crippen LogP contribution is -2.27. The quantitative estimate of drug-likeness (QED) is 0.818. The molecule has 3 rings (SSSR count). The van der Waals surface area contributed by atoms with Crippen LogP contribution in [0.5, 0.6) is 0 Å². The van der Waals surface area contributed by atoms with Crippen LogP contribution in [0.2, 0.25) is 0 Å². The Balaban J connectivity index is 2.15. The van der Waals surface area contributed by atoms with Crippen LogP contribution in [0.4, 0.5) is 4.79 Å². The maximum atomic E-state index is 12.5. The molecule has 3 nitrogen and oxygen atoms in total. The molecule has 2 atom stereocenters. The largest absolute Gasteiger partial charge is 0.320 e. The molecule has 2 aromatic rings. The number of hydrogen-bond acceptors (Lipinski definition) is 1. The van der Waals surface area contributed by atoms with Crippen LogP contribution in [-0.2, 0) is 0 Å². The van der Waals surface area contributed by atoms with Gasteiger partial charge in [0.15, 0.2) is 0 Å². The Bertz CT molecular complexity index is 651. The second kappa shape index (κ2) is 5.48. The molecule has 0 N–H and O–H groups in total.